The molecule has 0 unspecified atom stereocenters. The van der Waals surface area contributed by atoms with Crippen LogP contribution in [0.2, 0.25) is 0 Å². The molecular formula is C54H32N2S2. The smallest absolute Gasteiger partial charge is 0.0902 e. The lowest BCUT2D eigenvalue weighted by Gasteiger charge is -2.34. The molecule has 0 amide bonds. The monoisotopic (exact) mass is 772 g/mol. The molecule has 0 spiro atoms. The molecule has 0 saturated carbocycles. The molecular weight excluding hydrogens is 741 g/mol. The maximum atomic E-state index is 5.71. The van der Waals surface area contributed by atoms with Crippen molar-refractivity contribution in [2.24, 2.45) is 0 Å². The fourth-order valence-corrected chi connectivity index (χ4v) is 12.2. The second-order valence-electron chi connectivity index (χ2n) is 15.5. The van der Waals surface area contributed by atoms with Gasteiger partial charge in [0.2, 0.25) is 0 Å². The fourth-order valence-electron chi connectivity index (χ4n) is 9.76. The maximum Gasteiger partial charge on any atom is 0.0902 e. The van der Waals surface area contributed by atoms with Gasteiger partial charge in [0.15, 0.2) is 0 Å². The summed E-state index contributed by atoms with van der Waals surface area (Å²) in [6.07, 6.45) is 0. The summed E-state index contributed by atoms with van der Waals surface area (Å²) in [5, 5.41) is 11.3. The van der Waals surface area contributed by atoms with E-state index in [4.69, 9.17) is 4.98 Å². The molecule has 1 aliphatic heterocycles. The van der Waals surface area contributed by atoms with E-state index in [9.17, 15) is 0 Å². The summed E-state index contributed by atoms with van der Waals surface area (Å²) in [4.78, 5) is 8.20. The van der Waals surface area contributed by atoms with Crippen LogP contribution in [0.1, 0.15) is 5.56 Å². The Balaban J connectivity index is 1.12. The van der Waals surface area contributed by atoms with Crippen LogP contribution in [0.15, 0.2) is 176 Å². The molecule has 0 radical (unpaired) electrons. The van der Waals surface area contributed by atoms with Crippen molar-refractivity contribution < 1.29 is 0 Å². The SMILES string of the molecule is Cc1c(-c2cc(N3c4ccc5ccccc5c4-c4cccc5cccc3c45)cc3ccccc23)nc2c(sc3ccccc32)c1-c1ccc2c(c1)sc1ccccc12. The lowest BCUT2D eigenvalue weighted by atomic mass is 9.87. The Morgan fingerprint density at radius 1 is 0.448 bits per heavy atom. The molecule has 0 bridgehead atoms. The molecule has 270 valence electrons. The molecule has 12 aromatic rings. The minimum Gasteiger partial charge on any atom is -0.309 e. The highest BCUT2D eigenvalue weighted by Crippen LogP contribution is 2.54. The van der Waals surface area contributed by atoms with Gasteiger partial charge in [-0.1, -0.05) is 133 Å². The minimum absolute atomic E-state index is 1.02. The van der Waals surface area contributed by atoms with E-state index in [-0.39, 0.29) is 0 Å². The van der Waals surface area contributed by atoms with E-state index in [1.165, 1.54) is 106 Å². The van der Waals surface area contributed by atoms with Crippen molar-refractivity contribution in [3.63, 3.8) is 0 Å². The number of benzene rings is 9. The number of aromatic nitrogens is 1. The van der Waals surface area contributed by atoms with Crippen LogP contribution in [0.5, 0.6) is 0 Å². The third-order valence-corrected chi connectivity index (χ3v) is 14.6. The summed E-state index contributed by atoms with van der Waals surface area (Å²) in [6.45, 7) is 2.29. The van der Waals surface area contributed by atoms with Crippen LogP contribution in [0.25, 0.3) is 106 Å². The molecule has 4 heteroatoms. The highest BCUT2D eigenvalue weighted by Gasteiger charge is 2.29. The van der Waals surface area contributed by atoms with Crippen LogP contribution in [0.3, 0.4) is 0 Å². The van der Waals surface area contributed by atoms with Gasteiger partial charge in [-0.25, -0.2) is 4.98 Å². The first-order valence-corrected chi connectivity index (χ1v) is 21.4. The maximum absolute atomic E-state index is 5.71. The zero-order valence-corrected chi connectivity index (χ0v) is 33.1. The molecule has 0 fully saturated rings. The molecule has 9 aromatic carbocycles. The molecule has 0 saturated heterocycles. The van der Waals surface area contributed by atoms with Crippen LogP contribution in [-0.4, -0.2) is 4.98 Å². The number of fused-ring (bicyclic) bond motifs is 11. The second-order valence-corrected chi connectivity index (χ2v) is 17.6. The Labute approximate surface area is 342 Å². The van der Waals surface area contributed by atoms with Crippen LogP contribution in [-0.2, 0) is 0 Å². The Morgan fingerprint density at radius 3 is 2.00 bits per heavy atom. The first-order valence-electron chi connectivity index (χ1n) is 19.8. The van der Waals surface area contributed by atoms with E-state index in [0.717, 1.165) is 22.5 Å². The summed E-state index contributed by atoms with van der Waals surface area (Å²) in [6, 6.07) is 65.1. The van der Waals surface area contributed by atoms with Gasteiger partial charge in [0, 0.05) is 58.0 Å². The normalized spacial score (nSPS) is 12.5. The summed E-state index contributed by atoms with van der Waals surface area (Å²) in [7, 11) is 0. The first-order chi connectivity index (χ1) is 28.7. The van der Waals surface area contributed by atoms with Gasteiger partial charge in [-0.3, -0.25) is 0 Å². The fraction of sp³-hybridized carbons (Fsp3) is 0.0185. The lowest BCUT2D eigenvalue weighted by molar-refractivity contribution is 1.29. The number of rotatable bonds is 3. The molecule has 1 aliphatic rings. The van der Waals surface area contributed by atoms with Crippen molar-refractivity contribution in [2.75, 3.05) is 4.90 Å². The highest BCUT2D eigenvalue weighted by molar-refractivity contribution is 7.26. The number of pyridine rings is 1. The molecule has 0 N–H and O–H groups in total. The molecule has 13 rings (SSSR count). The largest absolute Gasteiger partial charge is 0.309 e. The highest BCUT2D eigenvalue weighted by atomic mass is 32.1. The number of anilines is 3. The lowest BCUT2D eigenvalue weighted by Crippen LogP contribution is -2.15. The van der Waals surface area contributed by atoms with Gasteiger partial charge in [-0.2, -0.15) is 0 Å². The third kappa shape index (κ3) is 4.50. The van der Waals surface area contributed by atoms with E-state index in [1.807, 2.05) is 22.7 Å². The van der Waals surface area contributed by atoms with Crippen molar-refractivity contribution in [1.82, 2.24) is 4.98 Å². The van der Waals surface area contributed by atoms with Gasteiger partial charge in [0.1, 0.15) is 0 Å². The van der Waals surface area contributed by atoms with Crippen molar-refractivity contribution in [2.45, 2.75) is 6.92 Å². The second kappa shape index (κ2) is 12.1. The summed E-state index contributed by atoms with van der Waals surface area (Å²) < 4.78 is 5.13. The van der Waals surface area contributed by atoms with Crippen LogP contribution < -0.4 is 4.90 Å². The van der Waals surface area contributed by atoms with E-state index in [1.54, 1.807) is 0 Å². The predicted octanol–water partition coefficient (Wildman–Crippen LogP) is 16.4. The number of thiophene rings is 2. The van der Waals surface area contributed by atoms with Crippen molar-refractivity contribution in [3.05, 3.63) is 181 Å². The summed E-state index contributed by atoms with van der Waals surface area (Å²) in [5.74, 6) is 0. The summed E-state index contributed by atoms with van der Waals surface area (Å²) in [5.41, 5.74) is 13.0. The average molecular weight is 773 g/mol. The quantitative estimate of drug-likeness (QED) is 0.178. The molecule has 2 nitrogen and oxygen atoms in total. The van der Waals surface area contributed by atoms with Gasteiger partial charge in [0.25, 0.3) is 0 Å². The Kier molecular flexibility index (Phi) is 6.72. The molecule has 3 aromatic heterocycles. The predicted molar refractivity (Wildman–Crippen MR) is 252 cm³/mol. The van der Waals surface area contributed by atoms with Crippen LogP contribution >= 0.6 is 22.7 Å². The van der Waals surface area contributed by atoms with Gasteiger partial charge in [0.05, 0.1) is 27.3 Å². The molecule has 0 aliphatic carbocycles. The van der Waals surface area contributed by atoms with Gasteiger partial charge in [-0.05, 0) is 93.0 Å². The Bertz CT molecular complexity index is 3720. The van der Waals surface area contributed by atoms with Gasteiger partial charge in [-0.15, -0.1) is 22.7 Å². The number of hydrogen-bond donors (Lipinski definition) is 0. The topological polar surface area (TPSA) is 16.1 Å². The van der Waals surface area contributed by atoms with E-state index < -0.39 is 0 Å². The number of nitrogens with zero attached hydrogens (tertiary/aromatic N) is 2. The van der Waals surface area contributed by atoms with Crippen LogP contribution in [0.4, 0.5) is 17.1 Å². The van der Waals surface area contributed by atoms with Crippen molar-refractivity contribution in [3.8, 4) is 33.5 Å². The number of hydrogen-bond acceptors (Lipinski definition) is 4. The summed E-state index contributed by atoms with van der Waals surface area (Å²) >= 11 is 3.73. The van der Waals surface area contributed by atoms with Gasteiger partial charge >= 0.3 is 0 Å². The van der Waals surface area contributed by atoms with Crippen molar-refractivity contribution >= 4 is 113 Å². The average Bonchev–Trinajstić information content (AvgIpc) is 3.83. The molecule has 58 heavy (non-hydrogen) atoms. The van der Waals surface area contributed by atoms with Gasteiger partial charge < -0.3 is 4.90 Å². The zero-order chi connectivity index (χ0) is 38.1. The molecule has 0 atom stereocenters. The van der Waals surface area contributed by atoms with E-state index in [0.29, 0.717) is 0 Å². The molecule has 4 heterocycles. The van der Waals surface area contributed by atoms with Crippen LogP contribution in [0, 0.1) is 6.92 Å². The minimum atomic E-state index is 1.02. The Hall–Kier alpha value is -6.85. The first kappa shape index (κ1) is 32.3. The van der Waals surface area contributed by atoms with E-state index in [2.05, 4.69) is 188 Å². The van der Waals surface area contributed by atoms with E-state index >= 15 is 0 Å². The third-order valence-electron chi connectivity index (χ3n) is 12.3. The Morgan fingerprint density at radius 2 is 1.14 bits per heavy atom. The van der Waals surface area contributed by atoms with Crippen molar-refractivity contribution in [1.29, 1.82) is 0 Å². The zero-order valence-electron chi connectivity index (χ0n) is 31.5. The standard InChI is InChI=1S/C54H32N2S2/c1-31-49(35-24-26-40-39-18-6-8-22-46(39)57-48(40)29-35)54-53(41-19-7-9-23-47(41)58-54)55-52(31)43-30-36(28-34-13-3-4-16-37(34)43)56-44-21-11-15-33-14-10-20-42(50(33)44)51-38-17-5-2-12-32(38)25-27-45(51)56/h2-30H,1H3.